The fourth-order valence-corrected chi connectivity index (χ4v) is 2.33. The van der Waals surface area contributed by atoms with Crippen LogP contribution in [-0.4, -0.2) is 123 Å². The van der Waals surface area contributed by atoms with Gasteiger partial charge in [-0.05, 0) is 13.8 Å². The van der Waals surface area contributed by atoms with Gasteiger partial charge in [0.15, 0.2) is 0 Å². The van der Waals surface area contributed by atoms with Crippen LogP contribution in [0.2, 0.25) is 0 Å². The highest BCUT2D eigenvalue weighted by atomic mass is 16.6. The van der Waals surface area contributed by atoms with E-state index in [-0.39, 0.29) is 0 Å². The fraction of sp³-hybridized carbons (Fsp3) is 0.762. The Morgan fingerprint density at radius 3 is 2.13 bits per heavy atom. The summed E-state index contributed by atoms with van der Waals surface area (Å²) in [6, 6.07) is 0. The minimum atomic E-state index is 0.394. The highest BCUT2D eigenvalue weighted by Crippen LogP contribution is 1.92. The van der Waals surface area contributed by atoms with E-state index in [1.165, 1.54) is 0 Å². The van der Waals surface area contributed by atoms with Crippen LogP contribution in [0.1, 0.15) is 6.42 Å². The molecule has 0 heterocycles. The van der Waals surface area contributed by atoms with Crippen LogP contribution in [0.25, 0.3) is 0 Å². The third-order valence-corrected chi connectivity index (χ3v) is 4.02. The van der Waals surface area contributed by atoms with Crippen molar-refractivity contribution in [2.24, 2.45) is 15.7 Å². The average molecular weight is 444 g/mol. The summed E-state index contributed by atoms with van der Waals surface area (Å²) < 4.78 is 21.7. The highest BCUT2D eigenvalue weighted by molar-refractivity contribution is 5.79. The van der Waals surface area contributed by atoms with Crippen molar-refractivity contribution in [3.8, 4) is 0 Å². The molecular formula is C21H41N5O5. The van der Waals surface area contributed by atoms with E-state index in [1.54, 1.807) is 12.4 Å². The average Bonchev–Trinajstić information content (AvgIpc) is 2.78. The molecule has 10 nitrogen and oxygen atoms in total. The van der Waals surface area contributed by atoms with Crippen LogP contribution >= 0.6 is 0 Å². The van der Waals surface area contributed by atoms with Crippen molar-refractivity contribution in [1.82, 2.24) is 10.2 Å². The van der Waals surface area contributed by atoms with Crippen molar-refractivity contribution in [2.45, 2.75) is 6.42 Å². The van der Waals surface area contributed by atoms with Gasteiger partial charge < -0.3 is 34.8 Å². The lowest BCUT2D eigenvalue weighted by Gasteiger charge is -2.21. The number of aldehydes is 1. The molecule has 0 aromatic carbocycles. The lowest BCUT2D eigenvalue weighted by molar-refractivity contribution is -0.108. The molecule has 0 aliphatic carbocycles. The van der Waals surface area contributed by atoms with E-state index in [4.69, 9.17) is 24.7 Å². The van der Waals surface area contributed by atoms with E-state index < -0.39 is 0 Å². The molecule has 180 valence electrons. The lowest BCUT2D eigenvalue weighted by Crippen LogP contribution is -2.35. The highest BCUT2D eigenvalue weighted by Gasteiger charge is 2.04. The predicted octanol–water partition coefficient (Wildman–Crippen LogP) is -0.223. The van der Waals surface area contributed by atoms with Gasteiger partial charge in [0.05, 0.1) is 59.4 Å². The molecule has 10 heteroatoms. The number of hydrogen-bond donors (Lipinski definition) is 2. The number of ether oxygens (including phenoxy) is 4. The first-order valence-electron chi connectivity index (χ1n) is 10.7. The second-order valence-corrected chi connectivity index (χ2v) is 6.48. The Balaban J connectivity index is 3.71. The van der Waals surface area contributed by atoms with E-state index in [0.29, 0.717) is 72.4 Å². The zero-order chi connectivity index (χ0) is 22.8. The normalized spacial score (nSPS) is 12.2. The van der Waals surface area contributed by atoms with E-state index in [1.807, 2.05) is 7.05 Å². The molecule has 0 aromatic heterocycles. The Bertz CT molecular complexity index is 477. The van der Waals surface area contributed by atoms with Crippen molar-refractivity contribution in [3.63, 3.8) is 0 Å². The summed E-state index contributed by atoms with van der Waals surface area (Å²) in [6.45, 7) is 12.2. The van der Waals surface area contributed by atoms with Crippen LogP contribution in [0.4, 0.5) is 0 Å². The van der Waals surface area contributed by atoms with Gasteiger partial charge in [-0.15, -0.1) is 0 Å². The predicted molar refractivity (Wildman–Crippen MR) is 124 cm³/mol. The van der Waals surface area contributed by atoms with Crippen molar-refractivity contribution in [2.75, 3.05) is 99.2 Å². The van der Waals surface area contributed by atoms with Gasteiger partial charge >= 0.3 is 0 Å². The number of rotatable bonds is 24. The van der Waals surface area contributed by atoms with Gasteiger partial charge in [-0.25, -0.2) is 0 Å². The van der Waals surface area contributed by atoms with Gasteiger partial charge in [0.1, 0.15) is 6.29 Å². The van der Waals surface area contributed by atoms with Crippen LogP contribution in [0.3, 0.4) is 0 Å². The maximum absolute atomic E-state index is 10.1. The quantitative estimate of drug-likeness (QED) is 0.119. The smallest absolute Gasteiger partial charge is 0.122 e. The minimum absolute atomic E-state index is 0.394. The van der Waals surface area contributed by atoms with Crippen molar-refractivity contribution in [1.29, 1.82) is 0 Å². The Kier molecular flexibility index (Phi) is 23.5. The number of aliphatic imine (C=N–C) groups is 2. The lowest BCUT2D eigenvalue weighted by atomic mass is 10.3. The molecule has 0 saturated heterocycles. The van der Waals surface area contributed by atoms with Gasteiger partial charge in [-0.3, -0.25) is 14.9 Å². The molecule has 0 spiro atoms. The first kappa shape index (κ1) is 29.5. The molecule has 0 radical (unpaired) electrons. The number of hydrogen-bond acceptors (Lipinski definition) is 10. The maximum Gasteiger partial charge on any atom is 0.122 e. The van der Waals surface area contributed by atoms with Crippen LogP contribution in [-0.2, 0) is 23.7 Å². The third kappa shape index (κ3) is 21.5. The number of nitrogens with zero attached hydrogens (tertiary/aromatic N) is 3. The summed E-state index contributed by atoms with van der Waals surface area (Å²) in [5, 5.41) is 3.16. The second-order valence-electron chi connectivity index (χ2n) is 6.48. The molecule has 0 bridgehead atoms. The molecule has 0 amide bonds. The monoisotopic (exact) mass is 443 g/mol. The number of likely N-dealkylation sites (N-methyl/N-ethyl adjacent to an activating group) is 1. The van der Waals surface area contributed by atoms with Gasteiger partial charge in [0.25, 0.3) is 0 Å². The van der Waals surface area contributed by atoms with Crippen LogP contribution < -0.4 is 11.1 Å². The van der Waals surface area contributed by atoms with Crippen molar-refractivity contribution in [3.05, 3.63) is 11.8 Å². The summed E-state index contributed by atoms with van der Waals surface area (Å²) in [5.41, 5.74) is 6.47. The van der Waals surface area contributed by atoms with E-state index in [9.17, 15) is 4.79 Å². The molecule has 31 heavy (non-hydrogen) atoms. The van der Waals surface area contributed by atoms with E-state index in [2.05, 4.69) is 26.9 Å². The number of nitrogens with one attached hydrogen (secondary N) is 1. The third-order valence-electron chi connectivity index (χ3n) is 4.02. The molecule has 0 fully saturated rings. The number of carbonyl (C=O) groups is 1. The first-order chi connectivity index (χ1) is 15.3. The van der Waals surface area contributed by atoms with Crippen LogP contribution in [0, 0.1) is 0 Å². The zero-order valence-electron chi connectivity index (χ0n) is 19.0. The van der Waals surface area contributed by atoms with Crippen LogP contribution in [0.15, 0.2) is 21.8 Å². The Labute approximate surface area is 186 Å². The molecule has 0 aromatic rings. The molecule has 0 rings (SSSR count). The molecule has 0 saturated carbocycles. The summed E-state index contributed by atoms with van der Waals surface area (Å²) in [5.74, 6) is 0. The van der Waals surface area contributed by atoms with Gasteiger partial charge in [-0.1, -0.05) is 0 Å². The van der Waals surface area contributed by atoms with Gasteiger partial charge in [-0.2, -0.15) is 0 Å². The van der Waals surface area contributed by atoms with E-state index in [0.717, 1.165) is 38.0 Å². The van der Waals surface area contributed by atoms with Gasteiger partial charge in [0.2, 0.25) is 0 Å². The van der Waals surface area contributed by atoms with Crippen molar-refractivity contribution >= 4 is 19.2 Å². The second kappa shape index (κ2) is 24.7. The Morgan fingerprint density at radius 2 is 1.58 bits per heavy atom. The molecule has 0 atom stereocenters. The maximum atomic E-state index is 10.1. The Morgan fingerprint density at radius 1 is 0.968 bits per heavy atom. The summed E-state index contributed by atoms with van der Waals surface area (Å²) >= 11 is 0. The standard InChI is InChI=1S/C21H41N5O5/c1-23-4-6-26(7-5-25-20-21(18-22)19-24-2)8-11-29-13-15-31-17-16-30-14-12-28-10-3-9-27/h9,19-20,23H,2-8,10-18,22H2,1H3/b21-19-,25-20?. The fourth-order valence-electron chi connectivity index (χ4n) is 2.33. The van der Waals surface area contributed by atoms with E-state index >= 15 is 0 Å². The first-order valence-corrected chi connectivity index (χ1v) is 10.7. The number of nitrogens with two attached hydrogens (primary N) is 1. The molecule has 3 N–H and O–H groups in total. The SMILES string of the molecule is C=N/C=C(\C=NCCN(CCNC)CCOCCOCCOCCOCCC=O)CN. The summed E-state index contributed by atoms with van der Waals surface area (Å²) in [6.07, 6.45) is 4.64. The number of carbonyl (C=O) groups excluding carboxylic acids is 1. The largest absolute Gasteiger partial charge is 0.379 e. The topological polar surface area (TPSA) is 120 Å². The molecule has 0 unspecified atom stereocenters. The Hall–Kier alpha value is -1.53. The summed E-state index contributed by atoms with van der Waals surface area (Å²) in [4.78, 5) is 20.6. The van der Waals surface area contributed by atoms with Crippen LogP contribution in [0.5, 0.6) is 0 Å². The zero-order valence-corrected chi connectivity index (χ0v) is 19.0. The van der Waals surface area contributed by atoms with Crippen molar-refractivity contribution < 1.29 is 23.7 Å². The summed E-state index contributed by atoms with van der Waals surface area (Å²) in [7, 11) is 1.94. The molecule has 0 aliphatic heterocycles. The molecule has 0 aliphatic rings. The molecular weight excluding hydrogens is 402 g/mol. The minimum Gasteiger partial charge on any atom is -0.379 e. The van der Waals surface area contributed by atoms with Gasteiger partial charge in [0, 0.05) is 57.1 Å².